The first-order chi connectivity index (χ1) is 27.8. The number of piperidine rings is 1. The first-order valence-electron chi connectivity index (χ1n) is 19.5. The maximum absolute atomic E-state index is 14.6. The van der Waals surface area contributed by atoms with Gasteiger partial charge in [0.1, 0.15) is 11.7 Å². The molecule has 8 rings (SSSR count). The summed E-state index contributed by atoms with van der Waals surface area (Å²) in [6, 6.07) is 12.3. The molecular weight excluding hydrogens is 775 g/mol. The Morgan fingerprint density at radius 1 is 1.00 bits per heavy atom. The van der Waals surface area contributed by atoms with Crippen LogP contribution < -0.4 is 24.8 Å². The molecule has 0 bridgehead atoms. The molecule has 1 aromatic carbocycles. The highest BCUT2D eigenvalue weighted by atomic mass is 35.5. The molecule has 2 N–H and O–H groups in total. The Kier molecular flexibility index (Phi) is 11.0. The van der Waals surface area contributed by atoms with Crippen LogP contribution in [0.25, 0.3) is 22.5 Å². The van der Waals surface area contributed by atoms with E-state index < -0.39 is 23.7 Å². The molecule has 3 saturated heterocycles. The summed E-state index contributed by atoms with van der Waals surface area (Å²) in [6.07, 6.45) is -0.909. The predicted octanol–water partition coefficient (Wildman–Crippen LogP) is 6.38. The Hall–Kier alpha value is -4.99. The van der Waals surface area contributed by atoms with Crippen molar-refractivity contribution in [2.45, 2.75) is 70.4 Å². The summed E-state index contributed by atoms with van der Waals surface area (Å²) >= 11 is 7.11. The molecule has 2 amide bonds. The molecule has 12 nitrogen and oxygen atoms in total. The van der Waals surface area contributed by atoms with E-state index in [4.69, 9.17) is 30.8 Å². The predicted molar refractivity (Wildman–Crippen MR) is 209 cm³/mol. The summed E-state index contributed by atoms with van der Waals surface area (Å²) in [6.45, 7) is 5.82. The molecular formula is C42H45ClF3N7O5. The van der Waals surface area contributed by atoms with Crippen LogP contribution >= 0.6 is 11.6 Å². The molecule has 1 spiro atoms. The molecule has 6 heterocycles. The standard InChI is InChI=1S/C42H45ClF3N7O5/c1-24(54)53-15-12-27(13-16-53)48-19-26-17-32(42(44,45)46)40(51-39(26)57-3)58-34-10-8-28-29(34)5-4-6-30(28)37-36(43)31(11-14-47-37)33-9-7-25(38(50-33)56-2)20-52-22-41(23-52)18-35(55)49-21-41/h4-7,9,11,14,17,27,34,48H,8,10,12-13,15-16,18-23H2,1-3H3,(H,49,55)/t34-/m0/s1. The fraction of sp³-hybridized carbons (Fsp3) is 0.452. The third-order valence-electron chi connectivity index (χ3n) is 11.8. The van der Waals surface area contributed by atoms with Gasteiger partial charge in [0.05, 0.1) is 30.6 Å². The van der Waals surface area contributed by atoms with Gasteiger partial charge >= 0.3 is 6.18 Å². The molecule has 4 aromatic rings. The number of halogens is 4. The molecule has 16 heteroatoms. The van der Waals surface area contributed by atoms with Crippen LogP contribution in [-0.2, 0) is 35.3 Å². The van der Waals surface area contributed by atoms with Crippen LogP contribution in [0, 0.1) is 5.41 Å². The number of fused-ring (bicyclic) bond motifs is 1. The van der Waals surface area contributed by atoms with Gasteiger partial charge in [-0.05, 0) is 55.0 Å². The number of hydrogen-bond acceptors (Lipinski definition) is 10. The van der Waals surface area contributed by atoms with E-state index >= 15 is 0 Å². The van der Waals surface area contributed by atoms with Crippen LogP contribution in [0.1, 0.15) is 66.5 Å². The van der Waals surface area contributed by atoms with Gasteiger partial charge < -0.3 is 29.7 Å². The van der Waals surface area contributed by atoms with Crippen molar-refractivity contribution in [3.05, 3.63) is 81.5 Å². The molecule has 306 valence electrons. The van der Waals surface area contributed by atoms with E-state index in [9.17, 15) is 22.8 Å². The molecule has 3 fully saturated rings. The Balaban J connectivity index is 1.01. The molecule has 1 atom stereocenters. The monoisotopic (exact) mass is 819 g/mol. The zero-order valence-corrected chi connectivity index (χ0v) is 33.3. The maximum atomic E-state index is 14.6. The minimum Gasteiger partial charge on any atom is -0.481 e. The summed E-state index contributed by atoms with van der Waals surface area (Å²) in [7, 11) is 2.95. The van der Waals surface area contributed by atoms with Gasteiger partial charge in [-0.2, -0.15) is 18.2 Å². The third-order valence-corrected chi connectivity index (χ3v) is 12.2. The van der Waals surface area contributed by atoms with Gasteiger partial charge in [0.15, 0.2) is 0 Å². The number of carbonyl (C=O) groups is 2. The Morgan fingerprint density at radius 2 is 1.76 bits per heavy atom. The number of benzene rings is 1. The molecule has 0 unspecified atom stereocenters. The lowest BCUT2D eigenvalue weighted by atomic mass is 9.79. The number of ether oxygens (including phenoxy) is 3. The van der Waals surface area contributed by atoms with Crippen molar-refractivity contribution in [1.29, 1.82) is 0 Å². The smallest absolute Gasteiger partial charge is 0.421 e. The minimum absolute atomic E-state index is 0.0112. The number of nitrogens with one attached hydrogen (secondary N) is 2. The van der Waals surface area contributed by atoms with Crippen molar-refractivity contribution in [2.24, 2.45) is 5.41 Å². The minimum atomic E-state index is -4.74. The Bertz CT molecular complexity index is 2230. The van der Waals surface area contributed by atoms with Gasteiger partial charge in [-0.1, -0.05) is 35.9 Å². The number of likely N-dealkylation sites (tertiary alicyclic amines) is 2. The number of nitrogens with zero attached hydrogens (tertiary/aromatic N) is 5. The molecule has 3 aromatic heterocycles. The number of aromatic nitrogens is 3. The lowest BCUT2D eigenvalue weighted by Crippen LogP contribution is -2.56. The molecule has 0 radical (unpaired) electrons. The number of hydrogen-bond donors (Lipinski definition) is 2. The summed E-state index contributed by atoms with van der Waals surface area (Å²) in [4.78, 5) is 41.3. The van der Waals surface area contributed by atoms with Gasteiger partial charge in [0.25, 0.3) is 0 Å². The number of methoxy groups -OCH3 is 2. The number of carbonyl (C=O) groups excluding carboxylic acids is 2. The quantitative estimate of drug-likeness (QED) is 0.176. The van der Waals surface area contributed by atoms with Crippen molar-refractivity contribution in [2.75, 3.05) is 46.9 Å². The van der Waals surface area contributed by atoms with E-state index in [0.29, 0.717) is 86.1 Å². The summed E-state index contributed by atoms with van der Waals surface area (Å²) in [5.74, 6) is 0.0923. The maximum Gasteiger partial charge on any atom is 0.421 e. The average Bonchev–Trinajstić information content (AvgIpc) is 3.80. The highest BCUT2D eigenvalue weighted by Gasteiger charge is 2.48. The summed E-state index contributed by atoms with van der Waals surface area (Å²) in [5.41, 5.74) is 4.35. The first-order valence-corrected chi connectivity index (χ1v) is 19.8. The molecule has 58 heavy (non-hydrogen) atoms. The normalized spacial score (nSPS) is 19.2. The average molecular weight is 820 g/mol. The second-order valence-corrected chi connectivity index (χ2v) is 16.0. The largest absolute Gasteiger partial charge is 0.481 e. The lowest BCUT2D eigenvalue weighted by molar-refractivity contribution is -0.139. The van der Waals surface area contributed by atoms with E-state index in [1.54, 1.807) is 24.3 Å². The van der Waals surface area contributed by atoms with E-state index in [-0.39, 0.29) is 41.3 Å². The van der Waals surface area contributed by atoms with Gasteiger partial charge in [-0.3, -0.25) is 19.5 Å². The van der Waals surface area contributed by atoms with Crippen LogP contribution in [0.5, 0.6) is 17.6 Å². The van der Waals surface area contributed by atoms with E-state index in [1.807, 2.05) is 30.3 Å². The number of alkyl halides is 3. The Morgan fingerprint density at radius 3 is 2.45 bits per heavy atom. The Labute approximate surface area is 339 Å². The van der Waals surface area contributed by atoms with Crippen LogP contribution in [-0.4, -0.2) is 89.6 Å². The molecule has 3 aliphatic heterocycles. The van der Waals surface area contributed by atoms with Crippen molar-refractivity contribution >= 4 is 23.4 Å². The fourth-order valence-corrected chi connectivity index (χ4v) is 9.15. The number of rotatable bonds is 11. The highest BCUT2D eigenvalue weighted by molar-refractivity contribution is 6.35. The van der Waals surface area contributed by atoms with Gasteiger partial charge in [0, 0.05) is 99.1 Å². The zero-order valence-electron chi connectivity index (χ0n) is 32.5. The van der Waals surface area contributed by atoms with Crippen LogP contribution in [0.3, 0.4) is 0 Å². The molecule has 1 aliphatic carbocycles. The summed E-state index contributed by atoms with van der Waals surface area (Å²) < 4.78 is 61.1. The second-order valence-electron chi connectivity index (χ2n) is 15.7. The van der Waals surface area contributed by atoms with Crippen molar-refractivity contribution < 1.29 is 37.0 Å². The van der Waals surface area contributed by atoms with Crippen LogP contribution in [0.2, 0.25) is 5.02 Å². The summed E-state index contributed by atoms with van der Waals surface area (Å²) in [5, 5.41) is 6.64. The van der Waals surface area contributed by atoms with Crippen molar-refractivity contribution in [3.63, 3.8) is 0 Å². The van der Waals surface area contributed by atoms with E-state index in [2.05, 4.69) is 25.5 Å². The van der Waals surface area contributed by atoms with Crippen LogP contribution in [0.15, 0.2) is 48.7 Å². The number of amides is 2. The topological polar surface area (TPSA) is 131 Å². The van der Waals surface area contributed by atoms with E-state index in [0.717, 1.165) is 41.4 Å². The molecule has 4 aliphatic rings. The van der Waals surface area contributed by atoms with E-state index in [1.165, 1.54) is 14.0 Å². The highest BCUT2D eigenvalue weighted by Crippen LogP contribution is 2.46. The fourth-order valence-electron chi connectivity index (χ4n) is 8.84. The SMILES string of the molecule is COc1nc(-c2ccnc(-c3cccc4c3CC[C@@H]4Oc3nc(OC)c(CNC4CCN(C(C)=O)CC4)cc3C(F)(F)F)c2Cl)ccc1CN1CC2(CNC(=O)C2)C1. The zero-order chi connectivity index (χ0) is 40.8. The third kappa shape index (κ3) is 7.91. The van der Waals surface area contributed by atoms with Gasteiger partial charge in [0.2, 0.25) is 29.5 Å². The van der Waals surface area contributed by atoms with Crippen molar-refractivity contribution in [1.82, 2.24) is 35.4 Å². The molecule has 0 saturated carbocycles. The van der Waals surface area contributed by atoms with Crippen molar-refractivity contribution in [3.8, 4) is 40.2 Å². The second kappa shape index (κ2) is 16.0. The van der Waals surface area contributed by atoms with Gasteiger partial charge in [-0.25, -0.2) is 4.98 Å². The van der Waals surface area contributed by atoms with Crippen LogP contribution in [0.4, 0.5) is 13.2 Å². The lowest BCUT2D eigenvalue weighted by Gasteiger charge is -2.47. The first kappa shape index (κ1) is 39.8. The van der Waals surface area contributed by atoms with Gasteiger partial charge in [-0.15, -0.1) is 0 Å². The number of pyridine rings is 3.